The van der Waals surface area contributed by atoms with Crippen LogP contribution in [-0.2, 0) is 4.74 Å². The van der Waals surface area contributed by atoms with E-state index in [1.807, 2.05) is 26.8 Å². The Balaban J connectivity index is 2.34. The van der Waals surface area contributed by atoms with Gasteiger partial charge in [-0.3, -0.25) is 0 Å². The predicted molar refractivity (Wildman–Crippen MR) is 81.3 cm³/mol. The molecule has 5 heteroatoms. The second-order valence-corrected chi connectivity index (χ2v) is 5.59. The Bertz CT molecular complexity index is 395. The maximum Gasteiger partial charge on any atom is 0.226 e. The smallest absolute Gasteiger partial charge is 0.226 e. The molecule has 1 N–H and O–H groups in total. The summed E-state index contributed by atoms with van der Waals surface area (Å²) in [6, 6.07) is 1.84. The first kappa shape index (κ1) is 16.7. The van der Waals surface area contributed by atoms with Crippen LogP contribution in [0.4, 0.5) is 5.95 Å². The van der Waals surface area contributed by atoms with E-state index >= 15 is 0 Å². The van der Waals surface area contributed by atoms with Gasteiger partial charge in [0.05, 0.1) is 6.10 Å². The van der Waals surface area contributed by atoms with Crippen LogP contribution >= 0.6 is 0 Å². The monoisotopic (exact) mass is 281 g/mol. The highest BCUT2D eigenvalue weighted by Crippen LogP contribution is 2.13. The van der Waals surface area contributed by atoms with Gasteiger partial charge in [-0.2, -0.15) is 4.98 Å². The molecule has 1 aromatic heterocycles. The summed E-state index contributed by atoms with van der Waals surface area (Å²) in [7, 11) is 0. The third-order valence-corrected chi connectivity index (χ3v) is 2.39. The van der Waals surface area contributed by atoms with Crippen LogP contribution in [0.2, 0.25) is 0 Å². The van der Waals surface area contributed by atoms with Crippen molar-refractivity contribution in [2.75, 3.05) is 25.1 Å². The first-order valence-corrected chi connectivity index (χ1v) is 7.31. The normalized spacial score (nSPS) is 11.2. The fraction of sp³-hybridized carbons (Fsp3) is 0.733. The number of rotatable bonds is 9. The molecule has 0 unspecified atom stereocenters. The predicted octanol–water partition coefficient (Wildman–Crippen LogP) is 3.05. The molecule has 20 heavy (non-hydrogen) atoms. The van der Waals surface area contributed by atoms with E-state index in [1.54, 1.807) is 0 Å². The number of nitrogens with zero attached hydrogens (tertiary/aromatic N) is 2. The Morgan fingerprint density at radius 2 is 1.95 bits per heavy atom. The third-order valence-electron chi connectivity index (χ3n) is 2.39. The lowest BCUT2D eigenvalue weighted by Gasteiger charge is -2.11. The van der Waals surface area contributed by atoms with Gasteiger partial charge in [-0.05, 0) is 33.1 Å². The van der Waals surface area contributed by atoms with Crippen molar-refractivity contribution in [1.82, 2.24) is 9.97 Å². The Morgan fingerprint density at radius 1 is 1.20 bits per heavy atom. The number of ether oxygens (including phenoxy) is 2. The quantitative estimate of drug-likeness (QED) is 0.705. The molecule has 114 valence electrons. The van der Waals surface area contributed by atoms with Crippen LogP contribution in [0.5, 0.6) is 5.88 Å². The Labute approximate surface area is 122 Å². The topological polar surface area (TPSA) is 56.3 Å². The maximum absolute atomic E-state index is 5.59. The molecule has 5 nitrogen and oxygen atoms in total. The second kappa shape index (κ2) is 8.74. The molecular formula is C15H27N3O2. The fourth-order valence-corrected chi connectivity index (χ4v) is 1.61. The van der Waals surface area contributed by atoms with Crippen LogP contribution in [0.15, 0.2) is 6.07 Å². The molecule has 0 aliphatic heterocycles. The lowest BCUT2D eigenvalue weighted by Crippen LogP contribution is -2.12. The maximum atomic E-state index is 5.59. The minimum Gasteiger partial charge on any atom is -0.475 e. The molecule has 0 fully saturated rings. The van der Waals surface area contributed by atoms with Crippen LogP contribution in [-0.4, -0.2) is 35.8 Å². The van der Waals surface area contributed by atoms with Gasteiger partial charge in [0.15, 0.2) is 0 Å². The molecule has 1 rings (SSSR count). The summed E-state index contributed by atoms with van der Waals surface area (Å²) < 4.78 is 11.1. The molecule has 0 aliphatic rings. The molecule has 0 saturated carbocycles. The molecule has 1 heterocycles. The zero-order chi connectivity index (χ0) is 15.0. The average molecular weight is 281 g/mol. The molecule has 0 saturated heterocycles. The number of nitrogens with one attached hydrogen (secondary N) is 1. The van der Waals surface area contributed by atoms with E-state index in [1.165, 1.54) is 0 Å². The van der Waals surface area contributed by atoms with Crippen molar-refractivity contribution in [2.24, 2.45) is 5.92 Å². The van der Waals surface area contributed by atoms with E-state index in [-0.39, 0.29) is 6.10 Å². The average Bonchev–Trinajstić information content (AvgIpc) is 2.31. The Kier molecular flexibility index (Phi) is 7.30. The van der Waals surface area contributed by atoms with Crippen molar-refractivity contribution in [3.05, 3.63) is 11.8 Å². The van der Waals surface area contributed by atoms with Gasteiger partial charge in [0, 0.05) is 31.5 Å². The van der Waals surface area contributed by atoms with Crippen LogP contribution in [0, 0.1) is 12.8 Å². The van der Waals surface area contributed by atoms with Crippen molar-refractivity contribution >= 4 is 5.95 Å². The largest absolute Gasteiger partial charge is 0.475 e. The van der Waals surface area contributed by atoms with E-state index < -0.39 is 0 Å². The summed E-state index contributed by atoms with van der Waals surface area (Å²) in [4.78, 5) is 8.68. The lowest BCUT2D eigenvalue weighted by molar-refractivity contribution is 0.110. The number of anilines is 1. The standard InChI is InChI=1S/C15H27N3O2/c1-11(2)10-19-8-6-7-16-15-17-13(5)9-14(18-15)20-12(3)4/h9,11-12H,6-8,10H2,1-5H3,(H,16,17,18). The first-order chi connectivity index (χ1) is 9.47. The molecule has 0 spiro atoms. The Hall–Kier alpha value is -1.36. The third kappa shape index (κ3) is 7.28. The van der Waals surface area contributed by atoms with E-state index in [0.29, 0.717) is 17.7 Å². The fourth-order valence-electron chi connectivity index (χ4n) is 1.61. The summed E-state index contributed by atoms with van der Waals surface area (Å²) in [5, 5.41) is 3.21. The first-order valence-electron chi connectivity index (χ1n) is 7.31. The zero-order valence-corrected chi connectivity index (χ0v) is 13.3. The second-order valence-electron chi connectivity index (χ2n) is 5.59. The van der Waals surface area contributed by atoms with Gasteiger partial charge >= 0.3 is 0 Å². The molecule has 0 radical (unpaired) electrons. The molecule has 0 bridgehead atoms. The molecule has 0 aromatic carbocycles. The lowest BCUT2D eigenvalue weighted by atomic mass is 10.2. The molecule has 0 amide bonds. The van der Waals surface area contributed by atoms with E-state index in [4.69, 9.17) is 9.47 Å². The molecular weight excluding hydrogens is 254 g/mol. The summed E-state index contributed by atoms with van der Waals surface area (Å²) in [5.41, 5.74) is 0.897. The minimum absolute atomic E-state index is 0.113. The Morgan fingerprint density at radius 3 is 2.60 bits per heavy atom. The highest BCUT2D eigenvalue weighted by molar-refractivity contribution is 5.30. The zero-order valence-electron chi connectivity index (χ0n) is 13.3. The minimum atomic E-state index is 0.113. The van der Waals surface area contributed by atoms with Crippen molar-refractivity contribution in [2.45, 2.75) is 47.1 Å². The van der Waals surface area contributed by atoms with Gasteiger partial charge in [0.1, 0.15) is 0 Å². The van der Waals surface area contributed by atoms with Crippen LogP contribution < -0.4 is 10.1 Å². The van der Waals surface area contributed by atoms with Gasteiger partial charge < -0.3 is 14.8 Å². The summed E-state index contributed by atoms with van der Waals surface area (Å²) in [5.74, 6) is 1.81. The van der Waals surface area contributed by atoms with Crippen molar-refractivity contribution in [3.8, 4) is 5.88 Å². The van der Waals surface area contributed by atoms with E-state index in [2.05, 4.69) is 29.1 Å². The van der Waals surface area contributed by atoms with Crippen molar-refractivity contribution in [3.63, 3.8) is 0 Å². The van der Waals surface area contributed by atoms with Gasteiger partial charge in [0.25, 0.3) is 0 Å². The van der Waals surface area contributed by atoms with Gasteiger partial charge in [-0.15, -0.1) is 0 Å². The summed E-state index contributed by atoms with van der Waals surface area (Å²) >= 11 is 0. The van der Waals surface area contributed by atoms with Crippen LogP contribution in [0.3, 0.4) is 0 Å². The van der Waals surface area contributed by atoms with Gasteiger partial charge in [0.2, 0.25) is 11.8 Å². The molecule has 1 aromatic rings. The summed E-state index contributed by atoms with van der Waals surface area (Å²) in [6.07, 6.45) is 1.05. The van der Waals surface area contributed by atoms with Crippen LogP contribution in [0.1, 0.15) is 39.8 Å². The highest BCUT2D eigenvalue weighted by atomic mass is 16.5. The number of aromatic nitrogens is 2. The highest BCUT2D eigenvalue weighted by Gasteiger charge is 2.04. The SMILES string of the molecule is Cc1cc(OC(C)C)nc(NCCCOCC(C)C)n1. The molecule has 0 aliphatic carbocycles. The van der Waals surface area contributed by atoms with Gasteiger partial charge in [-0.25, -0.2) is 4.98 Å². The van der Waals surface area contributed by atoms with Crippen LogP contribution in [0.25, 0.3) is 0 Å². The molecule has 0 atom stereocenters. The van der Waals surface area contributed by atoms with Crippen molar-refractivity contribution < 1.29 is 9.47 Å². The number of aryl methyl sites for hydroxylation is 1. The van der Waals surface area contributed by atoms with E-state index in [9.17, 15) is 0 Å². The van der Waals surface area contributed by atoms with Gasteiger partial charge in [-0.1, -0.05) is 13.8 Å². The van der Waals surface area contributed by atoms with Crippen molar-refractivity contribution in [1.29, 1.82) is 0 Å². The number of hydrogen-bond acceptors (Lipinski definition) is 5. The number of hydrogen-bond donors (Lipinski definition) is 1. The summed E-state index contributed by atoms with van der Waals surface area (Å²) in [6.45, 7) is 12.6. The van der Waals surface area contributed by atoms with E-state index in [0.717, 1.165) is 31.9 Å².